The van der Waals surface area contributed by atoms with Crippen LogP contribution in [0.15, 0.2) is 5.11 Å². The number of aliphatic hydroxyl groups is 1. The summed E-state index contributed by atoms with van der Waals surface area (Å²) in [4.78, 5) is 3.56. The van der Waals surface area contributed by atoms with Crippen LogP contribution in [0.5, 0.6) is 0 Å². The van der Waals surface area contributed by atoms with E-state index in [1.807, 2.05) is 0 Å². The van der Waals surface area contributed by atoms with Gasteiger partial charge in [-0.25, -0.2) is 0 Å². The highest BCUT2D eigenvalue weighted by Gasteiger charge is 2.30. The third-order valence-electron chi connectivity index (χ3n) is 1.61. The van der Waals surface area contributed by atoms with Gasteiger partial charge in [-0.05, 0) is 18.5 Å². The van der Waals surface area contributed by atoms with Gasteiger partial charge in [0.05, 0.1) is 13.2 Å². The van der Waals surface area contributed by atoms with Crippen molar-refractivity contribution in [2.45, 2.75) is 12.6 Å². The van der Waals surface area contributed by atoms with Crippen molar-refractivity contribution in [1.82, 2.24) is 4.90 Å². The van der Waals surface area contributed by atoms with Crippen LogP contribution in [-0.2, 0) is 0 Å². The average molecular weight is 226 g/mol. The summed E-state index contributed by atoms with van der Waals surface area (Å²) in [5, 5.41) is 11.8. The summed E-state index contributed by atoms with van der Waals surface area (Å²) >= 11 is 0. The molecule has 0 bridgehead atoms. The first-order valence-electron chi connectivity index (χ1n) is 4.40. The Labute approximate surface area is 85.1 Å². The van der Waals surface area contributed by atoms with Crippen molar-refractivity contribution < 1.29 is 18.3 Å². The maximum atomic E-state index is 12.0. The number of nitrogens with zero attached hydrogens (tertiary/aromatic N) is 4. The predicted octanol–water partition coefficient (Wildman–Crippen LogP) is 1.54. The Kier molecular flexibility index (Phi) is 6.85. The summed E-state index contributed by atoms with van der Waals surface area (Å²) in [6, 6.07) is 0. The van der Waals surface area contributed by atoms with E-state index < -0.39 is 12.7 Å². The standard InChI is InChI=1S/C7H13F3N4O/c8-7(9,10)6-14(4-5-15)3-1-2-12-13-11/h15H,1-6H2. The molecule has 0 aromatic heterocycles. The zero-order chi connectivity index (χ0) is 11.7. The van der Waals surface area contributed by atoms with Gasteiger partial charge in [0, 0.05) is 18.0 Å². The van der Waals surface area contributed by atoms with Crippen molar-refractivity contribution in [3.63, 3.8) is 0 Å². The molecule has 0 saturated heterocycles. The van der Waals surface area contributed by atoms with Crippen LogP contribution >= 0.6 is 0 Å². The van der Waals surface area contributed by atoms with Gasteiger partial charge in [0.1, 0.15) is 0 Å². The predicted molar refractivity (Wildman–Crippen MR) is 48.2 cm³/mol. The van der Waals surface area contributed by atoms with Crippen LogP contribution in [0.1, 0.15) is 6.42 Å². The Morgan fingerprint density at radius 1 is 1.33 bits per heavy atom. The molecule has 0 aliphatic heterocycles. The molecule has 0 aliphatic rings. The van der Waals surface area contributed by atoms with Crippen molar-refractivity contribution in [2.75, 3.05) is 32.8 Å². The highest BCUT2D eigenvalue weighted by atomic mass is 19.4. The molecule has 0 heterocycles. The number of rotatable bonds is 7. The minimum Gasteiger partial charge on any atom is -0.395 e. The van der Waals surface area contributed by atoms with Crippen molar-refractivity contribution in [2.24, 2.45) is 5.11 Å². The molecule has 0 radical (unpaired) electrons. The van der Waals surface area contributed by atoms with Crippen molar-refractivity contribution in [1.29, 1.82) is 0 Å². The first-order chi connectivity index (χ1) is 6.99. The Hall–Kier alpha value is -0.980. The smallest absolute Gasteiger partial charge is 0.395 e. The van der Waals surface area contributed by atoms with Crippen molar-refractivity contribution >= 4 is 0 Å². The second kappa shape index (κ2) is 7.33. The zero-order valence-electron chi connectivity index (χ0n) is 8.11. The number of aliphatic hydroxyl groups excluding tert-OH is 1. The normalized spacial score (nSPS) is 11.5. The van der Waals surface area contributed by atoms with Crippen molar-refractivity contribution in [3.05, 3.63) is 10.4 Å². The quantitative estimate of drug-likeness (QED) is 0.309. The molecule has 15 heavy (non-hydrogen) atoms. The fourth-order valence-electron chi connectivity index (χ4n) is 1.07. The number of hydrogen-bond donors (Lipinski definition) is 1. The Morgan fingerprint density at radius 3 is 2.47 bits per heavy atom. The van der Waals surface area contributed by atoms with E-state index in [1.54, 1.807) is 0 Å². The van der Waals surface area contributed by atoms with Gasteiger partial charge in [0.15, 0.2) is 0 Å². The Morgan fingerprint density at radius 2 is 2.00 bits per heavy atom. The van der Waals surface area contributed by atoms with Gasteiger partial charge in [-0.2, -0.15) is 13.2 Å². The minimum atomic E-state index is -4.27. The van der Waals surface area contributed by atoms with Crippen LogP contribution < -0.4 is 0 Å². The number of halogens is 3. The molecule has 5 nitrogen and oxygen atoms in total. The third kappa shape index (κ3) is 9.33. The Bertz CT molecular complexity index is 215. The van der Waals surface area contributed by atoms with Crippen LogP contribution in [0, 0.1) is 0 Å². The van der Waals surface area contributed by atoms with Crippen LogP contribution in [0.3, 0.4) is 0 Å². The molecule has 8 heteroatoms. The molecular formula is C7H13F3N4O. The molecule has 0 amide bonds. The first-order valence-corrected chi connectivity index (χ1v) is 4.40. The van der Waals surface area contributed by atoms with Gasteiger partial charge in [0.25, 0.3) is 0 Å². The van der Waals surface area contributed by atoms with E-state index in [9.17, 15) is 13.2 Å². The number of azide groups is 1. The van der Waals surface area contributed by atoms with Crippen LogP contribution in [0.4, 0.5) is 13.2 Å². The fraction of sp³-hybridized carbons (Fsp3) is 1.00. The lowest BCUT2D eigenvalue weighted by Gasteiger charge is -2.22. The second-order valence-corrected chi connectivity index (χ2v) is 2.92. The molecule has 0 unspecified atom stereocenters. The van der Waals surface area contributed by atoms with Crippen molar-refractivity contribution in [3.8, 4) is 0 Å². The molecule has 0 atom stereocenters. The SMILES string of the molecule is [N-]=[N+]=NCCCN(CCO)CC(F)(F)F. The van der Waals surface area contributed by atoms with Crippen LogP contribution in [0.25, 0.3) is 10.4 Å². The molecule has 0 aromatic rings. The van der Waals surface area contributed by atoms with E-state index >= 15 is 0 Å². The molecule has 0 fully saturated rings. The molecule has 0 spiro atoms. The minimum absolute atomic E-state index is 0.0320. The van der Waals surface area contributed by atoms with E-state index in [2.05, 4.69) is 10.0 Å². The largest absolute Gasteiger partial charge is 0.401 e. The van der Waals surface area contributed by atoms with Crippen LogP contribution in [0.2, 0.25) is 0 Å². The average Bonchev–Trinajstić information content (AvgIpc) is 2.10. The summed E-state index contributed by atoms with van der Waals surface area (Å²) < 4.78 is 36.0. The maximum absolute atomic E-state index is 12.0. The van der Waals surface area contributed by atoms with Gasteiger partial charge in [-0.3, -0.25) is 4.90 Å². The van der Waals surface area contributed by atoms with E-state index in [4.69, 9.17) is 10.6 Å². The van der Waals surface area contributed by atoms with Crippen LogP contribution in [-0.4, -0.2) is 49.0 Å². The van der Waals surface area contributed by atoms with Gasteiger partial charge >= 0.3 is 6.18 Å². The van der Waals surface area contributed by atoms with Gasteiger partial charge in [-0.15, -0.1) is 0 Å². The van der Waals surface area contributed by atoms with Gasteiger partial charge in [-0.1, -0.05) is 5.11 Å². The molecule has 1 N–H and O–H groups in total. The zero-order valence-corrected chi connectivity index (χ0v) is 8.11. The lowest BCUT2D eigenvalue weighted by molar-refractivity contribution is -0.146. The fourth-order valence-corrected chi connectivity index (χ4v) is 1.07. The maximum Gasteiger partial charge on any atom is 0.401 e. The summed E-state index contributed by atoms with van der Waals surface area (Å²) in [5.41, 5.74) is 7.95. The molecular weight excluding hydrogens is 213 g/mol. The van der Waals surface area contributed by atoms with E-state index in [0.717, 1.165) is 4.90 Å². The molecule has 0 aliphatic carbocycles. The third-order valence-corrected chi connectivity index (χ3v) is 1.61. The summed E-state index contributed by atoms with van der Waals surface area (Å²) in [5.74, 6) is 0. The van der Waals surface area contributed by atoms with Gasteiger partial charge in [0.2, 0.25) is 0 Å². The lowest BCUT2D eigenvalue weighted by atomic mass is 10.3. The monoisotopic (exact) mass is 226 g/mol. The lowest BCUT2D eigenvalue weighted by Crippen LogP contribution is -2.37. The molecule has 88 valence electrons. The molecule has 0 rings (SSSR count). The topological polar surface area (TPSA) is 72.2 Å². The number of hydrogen-bond acceptors (Lipinski definition) is 3. The van der Waals surface area contributed by atoms with Gasteiger partial charge < -0.3 is 5.11 Å². The highest BCUT2D eigenvalue weighted by molar-refractivity contribution is 4.63. The molecule has 0 aromatic carbocycles. The molecule has 0 saturated carbocycles. The highest BCUT2D eigenvalue weighted by Crippen LogP contribution is 2.16. The van der Waals surface area contributed by atoms with E-state index in [1.165, 1.54) is 0 Å². The first kappa shape index (κ1) is 14.0. The number of alkyl halides is 3. The second-order valence-electron chi connectivity index (χ2n) is 2.92. The summed E-state index contributed by atoms with van der Waals surface area (Å²) in [7, 11) is 0. The van der Waals surface area contributed by atoms with E-state index in [-0.39, 0.29) is 26.2 Å². The Balaban J connectivity index is 3.87. The summed E-state index contributed by atoms with van der Waals surface area (Å²) in [6.45, 7) is -1.09. The van der Waals surface area contributed by atoms with E-state index in [0.29, 0.717) is 6.42 Å². The summed E-state index contributed by atoms with van der Waals surface area (Å²) in [6.07, 6.45) is -3.92.